The second-order valence-electron chi connectivity index (χ2n) is 4.31. The first kappa shape index (κ1) is 14.2. The lowest BCUT2D eigenvalue weighted by Gasteiger charge is -2.14. The summed E-state index contributed by atoms with van der Waals surface area (Å²) in [5, 5.41) is 9.42. The topological polar surface area (TPSA) is 62.2 Å². The van der Waals surface area contributed by atoms with Crippen LogP contribution in [0, 0.1) is 11.2 Å². The molecule has 98 valence electrons. The number of amides is 1. The molecule has 0 aliphatic carbocycles. The highest BCUT2D eigenvalue weighted by Crippen LogP contribution is 2.29. The predicted octanol–water partition coefficient (Wildman–Crippen LogP) is 2.68. The lowest BCUT2D eigenvalue weighted by molar-refractivity contribution is 0.0972. The first-order valence-electron chi connectivity index (χ1n) is 5.60. The number of halogens is 1. The van der Waals surface area contributed by atoms with Crippen molar-refractivity contribution in [3.8, 4) is 5.75 Å². The van der Waals surface area contributed by atoms with Crippen LogP contribution in [0.3, 0.4) is 0 Å². The average Bonchev–Trinajstić information content (AvgIpc) is 2.27. The van der Waals surface area contributed by atoms with Crippen molar-refractivity contribution < 1.29 is 13.9 Å². The standard InChI is InChI=1S/C13H17FN2O2/c1-7(2)9-5-11(14)10(6-12(9)18-4)13(17)16-8(3)15/h5-7H,1-4H3,(H2,15,16,17). The van der Waals surface area contributed by atoms with Crippen molar-refractivity contribution >= 4 is 11.7 Å². The SMILES string of the molecule is COc1cc(C(=O)NC(C)=N)c(F)cc1C(C)C. The fourth-order valence-corrected chi connectivity index (χ4v) is 1.61. The van der Waals surface area contributed by atoms with Crippen LogP contribution in [-0.4, -0.2) is 18.9 Å². The number of carbonyl (C=O) groups is 1. The van der Waals surface area contributed by atoms with E-state index in [-0.39, 0.29) is 17.3 Å². The number of rotatable bonds is 3. The fraction of sp³-hybridized carbons (Fsp3) is 0.385. The van der Waals surface area contributed by atoms with E-state index in [4.69, 9.17) is 10.1 Å². The maximum Gasteiger partial charge on any atom is 0.259 e. The molecule has 0 aliphatic rings. The van der Waals surface area contributed by atoms with Crippen LogP contribution in [0.25, 0.3) is 0 Å². The molecule has 0 bridgehead atoms. The first-order valence-corrected chi connectivity index (χ1v) is 5.60. The summed E-state index contributed by atoms with van der Waals surface area (Å²) in [5.74, 6) is -0.728. The Hall–Kier alpha value is -1.91. The van der Waals surface area contributed by atoms with Crippen LogP contribution in [-0.2, 0) is 0 Å². The molecule has 4 nitrogen and oxygen atoms in total. The van der Waals surface area contributed by atoms with Gasteiger partial charge < -0.3 is 10.1 Å². The first-order chi connectivity index (χ1) is 8.36. The highest BCUT2D eigenvalue weighted by atomic mass is 19.1. The van der Waals surface area contributed by atoms with E-state index in [1.165, 1.54) is 26.2 Å². The molecule has 1 aromatic carbocycles. The maximum atomic E-state index is 13.8. The van der Waals surface area contributed by atoms with Crippen LogP contribution in [0.1, 0.15) is 42.6 Å². The van der Waals surface area contributed by atoms with Gasteiger partial charge in [0.25, 0.3) is 5.91 Å². The molecule has 1 rings (SSSR count). The largest absolute Gasteiger partial charge is 0.496 e. The van der Waals surface area contributed by atoms with Gasteiger partial charge in [0.05, 0.1) is 18.5 Å². The summed E-state index contributed by atoms with van der Waals surface area (Å²) >= 11 is 0. The van der Waals surface area contributed by atoms with Crippen molar-refractivity contribution in [3.63, 3.8) is 0 Å². The van der Waals surface area contributed by atoms with E-state index >= 15 is 0 Å². The smallest absolute Gasteiger partial charge is 0.259 e. The van der Waals surface area contributed by atoms with Crippen LogP contribution in [0.5, 0.6) is 5.75 Å². The lowest BCUT2D eigenvalue weighted by atomic mass is 9.99. The summed E-state index contributed by atoms with van der Waals surface area (Å²) in [4.78, 5) is 11.7. The number of amidine groups is 1. The molecule has 0 radical (unpaired) electrons. The van der Waals surface area contributed by atoms with Gasteiger partial charge in [-0.15, -0.1) is 0 Å². The molecule has 5 heteroatoms. The molecule has 1 aromatic rings. The van der Waals surface area contributed by atoms with Gasteiger partial charge in [-0.2, -0.15) is 0 Å². The van der Waals surface area contributed by atoms with E-state index in [2.05, 4.69) is 5.32 Å². The average molecular weight is 252 g/mol. The molecule has 0 atom stereocenters. The monoisotopic (exact) mass is 252 g/mol. The second kappa shape index (κ2) is 5.62. The Morgan fingerprint density at radius 1 is 1.44 bits per heavy atom. The highest BCUT2D eigenvalue weighted by molar-refractivity contribution is 6.05. The summed E-state index contributed by atoms with van der Waals surface area (Å²) in [6.45, 7) is 5.24. The molecule has 2 N–H and O–H groups in total. The van der Waals surface area contributed by atoms with Crippen molar-refractivity contribution in [2.24, 2.45) is 0 Å². The normalized spacial score (nSPS) is 10.3. The molecule has 0 unspecified atom stereocenters. The molecule has 0 fully saturated rings. The molecule has 0 saturated carbocycles. The van der Waals surface area contributed by atoms with Crippen LogP contribution in [0.2, 0.25) is 0 Å². The molecular formula is C13H17FN2O2. The maximum absolute atomic E-state index is 13.8. The quantitative estimate of drug-likeness (QED) is 0.641. The Morgan fingerprint density at radius 2 is 2.06 bits per heavy atom. The number of hydrogen-bond donors (Lipinski definition) is 2. The summed E-state index contributed by atoms with van der Waals surface area (Å²) in [6.07, 6.45) is 0. The Labute approximate surface area is 106 Å². The Bertz CT molecular complexity index is 484. The van der Waals surface area contributed by atoms with Crippen LogP contribution >= 0.6 is 0 Å². The summed E-state index contributed by atoms with van der Waals surface area (Å²) in [7, 11) is 1.47. The molecule has 0 saturated heterocycles. The number of hydrogen-bond acceptors (Lipinski definition) is 3. The third-order valence-electron chi connectivity index (χ3n) is 2.49. The fourth-order valence-electron chi connectivity index (χ4n) is 1.61. The van der Waals surface area contributed by atoms with Crippen LogP contribution in [0.15, 0.2) is 12.1 Å². The van der Waals surface area contributed by atoms with Gasteiger partial charge in [0.2, 0.25) is 0 Å². The van der Waals surface area contributed by atoms with Gasteiger partial charge in [0.15, 0.2) is 0 Å². The summed E-state index contributed by atoms with van der Waals surface area (Å²) < 4.78 is 19.0. The van der Waals surface area contributed by atoms with Gasteiger partial charge in [0.1, 0.15) is 11.6 Å². The van der Waals surface area contributed by atoms with E-state index in [0.717, 1.165) is 0 Å². The van der Waals surface area contributed by atoms with E-state index in [9.17, 15) is 9.18 Å². The minimum Gasteiger partial charge on any atom is -0.496 e. The Morgan fingerprint density at radius 3 is 2.50 bits per heavy atom. The highest BCUT2D eigenvalue weighted by Gasteiger charge is 2.18. The molecule has 18 heavy (non-hydrogen) atoms. The number of methoxy groups -OCH3 is 1. The van der Waals surface area contributed by atoms with Gasteiger partial charge in [-0.3, -0.25) is 10.2 Å². The molecule has 0 aromatic heterocycles. The third-order valence-corrected chi connectivity index (χ3v) is 2.49. The number of benzene rings is 1. The predicted molar refractivity (Wildman–Crippen MR) is 67.9 cm³/mol. The minimum absolute atomic E-state index is 0.0358. The van der Waals surface area contributed by atoms with Crippen LogP contribution in [0.4, 0.5) is 4.39 Å². The van der Waals surface area contributed by atoms with Crippen LogP contribution < -0.4 is 10.1 Å². The zero-order valence-corrected chi connectivity index (χ0v) is 10.9. The van der Waals surface area contributed by atoms with Crippen molar-refractivity contribution in [1.29, 1.82) is 5.41 Å². The molecular weight excluding hydrogens is 235 g/mol. The van der Waals surface area contributed by atoms with E-state index < -0.39 is 11.7 Å². The number of ether oxygens (including phenoxy) is 1. The van der Waals surface area contributed by atoms with Crippen molar-refractivity contribution in [2.45, 2.75) is 26.7 Å². The van der Waals surface area contributed by atoms with Gasteiger partial charge in [-0.1, -0.05) is 13.8 Å². The van der Waals surface area contributed by atoms with E-state index in [0.29, 0.717) is 11.3 Å². The Kier molecular flexibility index (Phi) is 4.42. The van der Waals surface area contributed by atoms with Gasteiger partial charge in [0, 0.05) is 0 Å². The van der Waals surface area contributed by atoms with Crippen molar-refractivity contribution in [1.82, 2.24) is 5.32 Å². The number of nitrogens with one attached hydrogen (secondary N) is 2. The van der Waals surface area contributed by atoms with Gasteiger partial charge in [-0.25, -0.2) is 4.39 Å². The van der Waals surface area contributed by atoms with E-state index in [1.807, 2.05) is 13.8 Å². The van der Waals surface area contributed by atoms with Crippen molar-refractivity contribution in [2.75, 3.05) is 7.11 Å². The summed E-state index contributed by atoms with van der Waals surface area (Å²) in [6, 6.07) is 2.67. The third kappa shape index (κ3) is 3.06. The van der Waals surface area contributed by atoms with Gasteiger partial charge in [-0.05, 0) is 30.5 Å². The summed E-state index contributed by atoms with van der Waals surface area (Å²) in [5.41, 5.74) is 0.584. The lowest BCUT2D eigenvalue weighted by Crippen LogP contribution is -2.28. The second-order valence-corrected chi connectivity index (χ2v) is 4.31. The van der Waals surface area contributed by atoms with E-state index in [1.54, 1.807) is 0 Å². The molecule has 0 spiro atoms. The molecule has 0 aliphatic heterocycles. The zero-order valence-electron chi connectivity index (χ0n) is 10.9. The molecule has 1 amide bonds. The minimum atomic E-state index is -0.645. The molecule has 0 heterocycles. The van der Waals surface area contributed by atoms with Gasteiger partial charge >= 0.3 is 0 Å². The zero-order chi connectivity index (χ0) is 13.9. The van der Waals surface area contributed by atoms with Crippen molar-refractivity contribution in [3.05, 3.63) is 29.1 Å². The number of carbonyl (C=O) groups excluding carboxylic acids is 1. The Balaban J connectivity index is 3.23.